The van der Waals surface area contributed by atoms with E-state index in [0.29, 0.717) is 47.8 Å². The number of nitrogens with zero attached hydrogens (tertiary/aromatic N) is 2. The largest absolute Gasteiger partial charge is 0.462 e. The van der Waals surface area contributed by atoms with E-state index in [9.17, 15) is 13.2 Å². The van der Waals surface area contributed by atoms with Gasteiger partial charge < -0.3 is 15.0 Å². The van der Waals surface area contributed by atoms with E-state index in [1.54, 1.807) is 37.3 Å². The van der Waals surface area contributed by atoms with Crippen LogP contribution in [0.2, 0.25) is 4.34 Å². The highest BCUT2D eigenvalue weighted by Crippen LogP contribution is 2.28. The van der Waals surface area contributed by atoms with Crippen LogP contribution in [-0.4, -0.2) is 61.5 Å². The van der Waals surface area contributed by atoms with E-state index in [1.807, 2.05) is 4.90 Å². The lowest BCUT2D eigenvalue weighted by atomic mass is 10.2. The van der Waals surface area contributed by atoms with Crippen LogP contribution in [0.15, 0.2) is 40.6 Å². The van der Waals surface area contributed by atoms with E-state index in [-0.39, 0.29) is 10.2 Å². The standard InChI is InChI=1S/C18H20ClN3O4S3/c1-2-26-17(23)13-3-5-14(6-4-13)20-18(27)21-9-11-22(12-10-21)29(24,25)16-8-7-15(19)28-16/h3-8H,2,9-12H2,1H3,(H,20,27). The molecule has 0 amide bonds. The van der Waals surface area contributed by atoms with Crippen molar-refractivity contribution >= 4 is 61.9 Å². The zero-order valence-electron chi connectivity index (χ0n) is 15.6. The normalized spacial score (nSPS) is 15.2. The van der Waals surface area contributed by atoms with Crippen LogP contribution in [-0.2, 0) is 14.8 Å². The monoisotopic (exact) mass is 473 g/mol. The molecule has 0 unspecified atom stereocenters. The van der Waals surface area contributed by atoms with Gasteiger partial charge in [0.1, 0.15) is 4.21 Å². The van der Waals surface area contributed by atoms with E-state index in [2.05, 4.69) is 5.32 Å². The molecule has 0 bridgehead atoms. The van der Waals surface area contributed by atoms with Gasteiger partial charge in [-0.2, -0.15) is 4.31 Å². The number of halogens is 1. The first-order chi connectivity index (χ1) is 13.8. The maximum atomic E-state index is 12.7. The number of carbonyl (C=O) groups excluding carboxylic acids is 1. The number of sulfonamides is 1. The molecule has 0 spiro atoms. The Balaban J connectivity index is 1.55. The summed E-state index contributed by atoms with van der Waals surface area (Å²) in [5.74, 6) is -0.369. The van der Waals surface area contributed by atoms with E-state index in [4.69, 9.17) is 28.6 Å². The molecule has 0 radical (unpaired) electrons. The summed E-state index contributed by atoms with van der Waals surface area (Å²) in [6.07, 6.45) is 0. The van der Waals surface area contributed by atoms with E-state index >= 15 is 0 Å². The summed E-state index contributed by atoms with van der Waals surface area (Å²) in [6.45, 7) is 3.70. The van der Waals surface area contributed by atoms with Crippen molar-refractivity contribution in [3.8, 4) is 0 Å². The Hall–Kier alpha value is -1.72. The molecular formula is C18H20ClN3O4S3. The predicted octanol–water partition coefficient (Wildman–Crippen LogP) is 3.28. The maximum Gasteiger partial charge on any atom is 0.338 e. The quantitative estimate of drug-likeness (QED) is 0.527. The van der Waals surface area contributed by atoms with Gasteiger partial charge in [-0.05, 0) is 55.5 Å². The van der Waals surface area contributed by atoms with Crippen LogP contribution in [0, 0.1) is 0 Å². The van der Waals surface area contributed by atoms with E-state index in [1.165, 1.54) is 10.4 Å². The second-order valence-electron chi connectivity index (χ2n) is 6.18. The van der Waals surface area contributed by atoms with Gasteiger partial charge in [0.05, 0.1) is 16.5 Å². The summed E-state index contributed by atoms with van der Waals surface area (Å²) >= 11 is 12.4. The minimum Gasteiger partial charge on any atom is -0.462 e. The summed E-state index contributed by atoms with van der Waals surface area (Å²) in [5, 5.41) is 3.62. The number of esters is 1. The predicted molar refractivity (Wildman–Crippen MR) is 118 cm³/mol. The van der Waals surface area contributed by atoms with Crippen molar-refractivity contribution in [2.45, 2.75) is 11.1 Å². The summed E-state index contributed by atoms with van der Waals surface area (Å²) < 4.78 is 32.5. The first-order valence-corrected chi connectivity index (χ1v) is 11.9. The van der Waals surface area contributed by atoms with Gasteiger partial charge >= 0.3 is 5.97 Å². The van der Waals surface area contributed by atoms with Gasteiger partial charge in [0.25, 0.3) is 10.0 Å². The van der Waals surface area contributed by atoms with Gasteiger partial charge in [-0.3, -0.25) is 0 Å². The zero-order chi connectivity index (χ0) is 21.0. The van der Waals surface area contributed by atoms with Crippen LogP contribution < -0.4 is 5.32 Å². The van der Waals surface area contributed by atoms with Crippen molar-refractivity contribution in [2.24, 2.45) is 0 Å². The molecule has 156 valence electrons. The summed E-state index contributed by atoms with van der Waals surface area (Å²) in [4.78, 5) is 13.6. The number of nitrogens with one attached hydrogen (secondary N) is 1. The molecule has 0 atom stereocenters. The van der Waals surface area contributed by atoms with Crippen LogP contribution in [0.3, 0.4) is 0 Å². The molecule has 1 aromatic heterocycles. The first kappa shape index (κ1) is 22.0. The fourth-order valence-electron chi connectivity index (χ4n) is 2.80. The molecule has 2 heterocycles. The van der Waals surface area contributed by atoms with Crippen molar-refractivity contribution in [2.75, 3.05) is 38.1 Å². The number of hydrogen-bond acceptors (Lipinski definition) is 6. The molecule has 2 aromatic rings. The molecule has 0 aliphatic carbocycles. The number of benzene rings is 1. The number of thiocarbonyl (C=S) groups is 1. The van der Waals surface area contributed by atoms with Crippen molar-refractivity contribution in [1.29, 1.82) is 0 Å². The van der Waals surface area contributed by atoms with E-state index in [0.717, 1.165) is 17.0 Å². The fraction of sp³-hybridized carbons (Fsp3) is 0.333. The lowest BCUT2D eigenvalue weighted by molar-refractivity contribution is 0.0526. The Bertz CT molecular complexity index is 984. The first-order valence-electron chi connectivity index (χ1n) is 8.90. The number of rotatable bonds is 5. The number of piperazine rings is 1. The Morgan fingerprint density at radius 2 is 1.83 bits per heavy atom. The van der Waals surface area contributed by atoms with E-state index < -0.39 is 10.0 Å². The molecular weight excluding hydrogens is 454 g/mol. The van der Waals surface area contributed by atoms with Crippen LogP contribution >= 0.6 is 35.2 Å². The summed E-state index contributed by atoms with van der Waals surface area (Å²) in [6, 6.07) is 9.95. The fourth-order valence-corrected chi connectivity index (χ4v) is 6.16. The highest BCUT2D eigenvalue weighted by atomic mass is 35.5. The molecule has 29 heavy (non-hydrogen) atoms. The van der Waals surface area contributed by atoms with Gasteiger partial charge in [-0.25, -0.2) is 13.2 Å². The molecule has 11 heteroatoms. The summed E-state index contributed by atoms with van der Waals surface area (Å²) in [7, 11) is -3.53. The topological polar surface area (TPSA) is 79.0 Å². The average Bonchev–Trinajstić information content (AvgIpc) is 3.16. The molecule has 0 saturated carbocycles. The zero-order valence-corrected chi connectivity index (χ0v) is 18.8. The van der Waals surface area contributed by atoms with Crippen LogP contribution in [0.25, 0.3) is 0 Å². The third-order valence-electron chi connectivity index (χ3n) is 4.32. The Kier molecular flexibility index (Phi) is 7.12. The lowest BCUT2D eigenvalue weighted by Gasteiger charge is -2.35. The maximum absolute atomic E-state index is 12.7. The highest BCUT2D eigenvalue weighted by Gasteiger charge is 2.30. The third-order valence-corrected chi connectivity index (χ3v) is 8.27. The number of carbonyl (C=O) groups is 1. The van der Waals surface area contributed by atoms with Gasteiger partial charge in [0, 0.05) is 31.9 Å². The minimum atomic E-state index is -3.53. The number of anilines is 1. The minimum absolute atomic E-state index is 0.248. The highest BCUT2D eigenvalue weighted by molar-refractivity contribution is 7.91. The third kappa shape index (κ3) is 5.26. The molecule has 3 rings (SSSR count). The molecule has 1 aromatic carbocycles. The molecule has 1 fully saturated rings. The molecule has 1 aliphatic heterocycles. The molecule has 1 saturated heterocycles. The number of ether oxygens (including phenoxy) is 1. The SMILES string of the molecule is CCOC(=O)c1ccc(NC(=S)N2CCN(S(=O)(=O)c3ccc(Cl)s3)CC2)cc1. The van der Waals surface area contributed by atoms with Gasteiger partial charge in [0.15, 0.2) is 5.11 Å². The smallest absolute Gasteiger partial charge is 0.338 e. The average molecular weight is 474 g/mol. The molecule has 1 N–H and O–H groups in total. The Morgan fingerprint density at radius 1 is 1.17 bits per heavy atom. The lowest BCUT2D eigenvalue weighted by Crippen LogP contribution is -2.51. The molecule has 1 aliphatic rings. The Labute approximate surface area is 184 Å². The van der Waals surface area contributed by atoms with Crippen molar-refractivity contribution in [3.63, 3.8) is 0 Å². The van der Waals surface area contributed by atoms with Gasteiger partial charge in [-0.1, -0.05) is 11.6 Å². The second-order valence-corrected chi connectivity index (χ2v) is 10.4. The number of hydrogen-bond donors (Lipinski definition) is 1. The van der Waals surface area contributed by atoms with Gasteiger partial charge in [0.2, 0.25) is 0 Å². The van der Waals surface area contributed by atoms with Crippen LogP contribution in [0.5, 0.6) is 0 Å². The molecule has 7 nitrogen and oxygen atoms in total. The van der Waals surface area contributed by atoms with Crippen LogP contribution in [0.1, 0.15) is 17.3 Å². The van der Waals surface area contributed by atoms with Crippen molar-refractivity contribution in [3.05, 3.63) is 46.3 Å². The van der Waals surface area contributed by atoms with Crippen molar-refractivity contribution in [1.82, 2.24) is 9.21 Å². The van der Waals surface area contributed by atoms with Crippen LogP contribution in [0.4, 0.5) is 5.69 Å². The summed E-state index contributed by atoms with van der Waals surface area (Å²) in [5.41, 5.74) is 1.21. The Morgan fingerprint density at radius 3 is 2.38 bits per heavy atom. The second kappa shape index (κ2) is 9.40. The van der Waals surface area contributed by atoms with Gasteiger partial charge in [-0.15, -0.1) is 11.3 Å². The number of thiophene rings is 1. The van der Waals surface area contributed by atoms with Crippen molar-refractivity contribution < 1.29 is 17.9 Å².